The van der Waals surface area contributed by atoms with E-state index in [0.717, 1.165) is 11.2 Å². The van der Waals surface area contributed by atoms with E-state index in [2.05, 4.69) is 4.98 Å². The highest BCUT2D eigenvalue weighted by atomic mass is 16.3. The zero-order chi connectivity index (χ0) is 13.2. The van der Waals surface area contributed by atoms with Crippen molar-refractivity contribution in [1.29, 1.82) is 0 Å². The lowest BCUT2D eigenvalue weighted by molar-refractivity contribution is 0.174. The van der Waals surface area contributed by atoms with Gasteiger partial charge in [0.15, 0.2) is 0 Å². The number of pyridine rings is 1. The number of hydrogen-bond donors (Lipinski definition) is 2. The smallest absolute Gasteiger partial charge is 0.137 e. The van der Waals surface area contributed by atoms with Gasteiger partial charge in [0.25, 0.3) is 0 Å². The van der Waals surface area contributed by atoms with Crippen LogP contribution in [0.5, 0.6) is 5.75 Å². The average molecular weight is 254 g/mol. The van der Waals surface area contributed by atoms with Gasteiger partial charge in [-0.3, -0.25) is 0 Å². The lowest BCUT2D eigenvalue weighted by Crippen LogP contribution is -2.01. The molecule has 0 fully saturated rings. The maximum absolute atomic E-state index is 10.2. The van der Waals surface area contributed by atoms with Crippen LogP contribution >= 0.6 is 0 Å². The Labute approximate surface area is 110 Å². The van der Waals surface area contributed by atoms with Gasteiger partial charge in [0.05, 0.1) is 5.69 Å². The molecule has 2 heterocycles. The Bertz CT molecular complexity index is 673. The zero-order valence-electron chi connectivity index (χ0n) is 10.3. The van der Waals surface area contributed by atoms with Crippen molar-refractivity contribution < 1.29 is 10.2 Å². The van der Waals surface area contributed by atoms with E-state index in [1.165, 1.54) is 0 Å². The van der Waals surface area contributed by atoms with Crippen molar-refractivity contribution in [2.45, 2.75) is 12.5 Å². The predicted molar refractivity (Wildman–Crippen MR) is 72.0 cm³/mol. The molecule has 0 radical (unpaired) electrons. The number of aromatic hydroxyl groups is 1. The van der Waals surface area contributed by atoms with E-state index < -0.39 is 6.10 Å². The first-order chi connectivity index (χ1) is 9.22. The Morgan fingerprint density at radius 2 is 2.05 bits per heavy atom. The van der Waals surface area contributed by atoms with Crippen LogP contribution in [0.25, 0.3) is 5.65 Å². The Morgan fingerprint density at radius 3 is 2.84 bits per heavy atom. The van der Waals surface area contributed by atoms with Crippen molar-refractivity contribution in [2.75, 3.05) is 0 Å². The number of aromatic nitrogens is 2. The van der Waals surface area contributed by atoms with Gasteiger partial charge in [-0.2, -0.15) is 0 Å². The summed E-state index contributed by atoms with van der Waals surface area (Å²) < 4.78 is 1.88. The molecule has 96 valence electrons. The van der Waals surface area contributed by atoms with Crippen LogP contribution in [-0.4, -0.2) is 19.6 Å². The molecule has 2 N–H and O–H groups in total. The maximum atomic E-state index is 10.2. The van der Waals surface area contributed by atoms with Crippen LogP contribution in [0, 0.1) is 0 Å². The van der Waals surface area contributed by atoms with Crippen molar-refractivity contribution in [1.82, 2.24) is 9.38 Å². The molecule has 0 saturated carbocycles. The number of aliphatic hydroxyl groups excluding tert-OH is 1. The normalized spacial score (nSPS) is 12.7. The summed E-state index contributed by atoms with van der Waals surface area (Å²) in [6, 6.07) is 12.6. The van der Waals surface area contributed by atoms with Crippen LogP contribution in [-0.2, 0) is 6.42 Å². The highest BCUT2D eigenvalue weighted by molar-refractivity contribution is 5.40. The van der Waals surface area contributed by atoms with Gasteiger partial charge < -0.3 is 14.6 Å². The highest BCUT2D eigenvalue weighted by Gasteiger charge is 2.12. The minimum atomic E-state index is -0.679. The van der Waals surface area contributed by atoms with Crippen LogP contribution in [0.15, 0.2) is 54.9 Å². The van der Waals surface area contributed by atoms with E-state index >= 15 is 0 Å². The van der Waals surface area contributed by atoms with E-state index in [0.29, 0.717) is 12.1 Å². The second-order valence-electron chi connectivity index (χ2n) is 4.52. The molecule has 4 heteroatoms. The number of phenols is 1. The molecule has 0 saturated heterocycles. The Morgan fingerprint density at radius 1 is 1.16 bits per heavy atom. The molecule has 1 unspecified atom stereocenters. The zero-order valence-corrected chi connectivity index (χ0v) is 10.3. The van der Waals surface area contributed by atoms with Crippen LogP contribution < -0.4 is 0 Å². The minimum absolute atomic E-state index is 0.208. The van der Waals surface area contributed by atoms with Crippen molar-refractivity contribution >= 4 is 5.65 Å². The first-order valence-corrected chi connectivity index (χ1v) is 6.12. The van der Waals surface area contributed by atoms with Crippen LogP contribution in [0.3, 0.4) is 0 Å². The van der Waals surface area contributed by atoms with E-state index in [9.17, 15) is 10.2 Å². The number of aliphatic hydroxyl groups is 1. The van der Waals surface area contributed by atoms with Gasteiger partial charge in [-0.25, -0.2) is 4.98 Å². The molecule has 4 nitrogen and oxygen atoms in total. The summed E-state index contributed by atoms with van der Waals surface area (Å²) in [5, 5.41) is 19.6. The van der Waals surface area contributed by atoms with E-state index in [4.69, 9.17) is 0 Å². The van der Waals surface area contributed by atoms with Gasteiger partial charge in [0, 0.05) is 18.8 Å². The fraction of sp³-hybridized carbons (Fsp3) is 0.133. The molecule has 0 bridgehead atoms. The molecule has 0 aliphatic carbocycles. The third-order valence-electron chi connectivity index (χ3n) is 3.06. The molecule has 19 heavy (non-hydrogen) atoms. The Hall–Kier alpha value is -2.33. The van der Waals surface area contributed by atoms with Gasteiger partial charge in [0.1, 0.15) is 17.5 Å². The largest absolute Gasteiger partial charge is 0.508 e. The molecule has 0 aliphatic rings. The predicted octanol–water partition coefficient (Wildman–Crippen LogP) is 2.32. The highest BCUT2D eigenvalue weighted by Crippen LogP contribution is 2.20. The SMILES string of the molecule is Oc1cccc(CC(O)c2cn3ccccc3n2)c1. The molecule has 2 aromatic heterocycles. The monoisotopic (exact) mass is 254 g/mol. The number of rotatable bonds is 3. The summed E-state index contributed by atoms with van der Waals surface area (Å²) in [6.07, 6.45) is 3.47. The topological polar surface area (TPSA) is 57.8 Å². The third-order valence-corrected chi connectivity index (χ3v) is 3.06. The lowest BCUT2D eigenvalue weighted by atomic mass is 10.1. The molecule has 1 atom stereocenters. The first kappa shape index (κ1) is 11.7. The summed E-state index contributed by atoms with van der Waals surface area (Å²) in [4.78, 5) is 4.38. The second-order valence-corrected chi connectivity index (χ2v) is 4.52. The number of hydrogen-bond acceptors (Lipinski definition) is 3. The summed E-state index contributed by atoms with van der Waals surface area (Å²) in [5.74, 6) is 0.208. The standard InChI is InChI=1S/C15H14N2O2/c18-12-5-3-4-11(8-12)9-14(19)13-10-17-7-2-1-6-15(17)16-13/h1-8,10,14,18-19H,9H2. The molecule has 0 aliphatic heterocycles. The maximum Gasteiger partial charge on any atom is 0.137 e. The van der Waals surface area contributed by atoms with E-state index in [1.807, 2.05) is 41.1 Å². The quantitative estimate of drug-likeness (QED) is 0.754. The summed E-state index contributed by atoms with van der Waals surface area (Å²) in [6.45, 7) is 0. The first-order valence-electron chi connectivity index (χ1n) is 6.12. The average Bonchev–Trinajstić information content (AvgIpc) is 2.82. The Kier molecular flexibility index (Phi) is 2.93. The molecule has 3 aromatic rings. The molecular weight excluding hydrogens is 240 g/mol. The fourth-order valence-electron chi connectivity index (χ4n) is 2.13. The van der Waals surface area contributed by atoms with Gasteiger partial charge in [-0.15, -0.1) is 0 Å². The Balaban J connectivity index is 1.85. The number of fused-ring (bicyclic) bond motifs is 1. The van der Waals surface area contributed by atoms with Gasteiger partial charge in [0.2, 0.25) is 0 Å². The number of imidazole rings is 1. The third kappa shape index (κ3) is 2.44. The number of phenolic OH excluding ortho intramolecular Hbond substituents is 1. The van der Waals surface area contributed by atoms with Crippen molar-refractivity contribution in [2.24, 2.45) is 0 Å². The number of nitrogens with zero attached hydrogens (tertiary/aromatic N) is 2. The van der Waals surface area contributed by atoms with Crippen LogP contribution in [0.2, 0.25) is 0 Å². The van der Waals surface area contributed by atoms with Crippen molar-refractivity contribution in [3.05, 3.63) is 66.1 Å². The summed E-state index contributed by atoms with van der Waals surface area (Å²) in [7, 11) is 0. The van der Waals surface area contributed by atoms with Crippen molar-refractivity contribution in [3.63, 3.8) is 0 Å². The van der Waals surface area contributed by atoms with Gasteiger partial charge in [-0.05, 0) is 29.8 Å². The molecule has 0 spiro atoms. The van der Waals surface area contributed by atoms with Crippen molar-refractivity contribution in [3.8, 4) is 5.75 Å². The second kappa shape index (κ2) is 4.74. The summed E-state index contributed by atoms with van der Waals surface area (Å²) in [5.41, 5.74) is 2.33. The lowest BCUT2D eigenvalue weighted by Gasteiger charge is -2.07. The minimum Gasteiger partial charge on any atom is -0.508 e. The van der Waals surface area contributed by atoms with Gasteiger partial charge in [-0.1, -0.05) is 18.2 Å². The molecule has 1 aromatic carbocycles. The molecule has 0 amide bonds. The number of benzene rings is 1. The van der Waals surface area contributed by atoms with E-state index in [1.54, 1.807) is 18.2 Å². The van der Waals surface area contributed by atoms with Crippen LogP contribution in [0.4, 0.5) is 0 Å². The molecule has 3 rings (SSSR count). The van der Waals surface area contributed by atoms with Gasteiger partial charge >= 0.3 is 0 Å². The van der Waals surface area contributed by atoms with Crippen LogP contribution in [0.1, 0.15) is 17.4 Å². The van der Waals surface area contributed by atoms with E-state index in [-0.39, 0.29) is 5.75 Å². The summed E-state index contributed by atoms with van der Waals surface area (Å²) >= 11 is 0. The fourth-order valence-corrected chi connectivity index (χ4v) is 2.13. The molecular formula is C15H14N2O2.